The highest BCUT2D eigenvalue weighted by molar-refractivity contribution is 8.11. The zero-order valence-electron chi connectivity index (χ0n) is 11.0. The topological polar surface area (TPSA) is 32.5 Å². The average Bonchev–Trinajstić information content (AvgIpc) is 2.20. The van der Waals surface area contributed by atoms with Crippen molar-refractivity contribution in [3.8, 4) is 0 Å². The molecular weight excluding hydrogens is 343 g/mol. The van der Waals surface area contributed by atoms with Gasteiger partial charge in [0.2, 0.25) is 0 Å². The lowest BCUT2D eigenvalue weighted by atomic mass is 11.0. The predicted octanol–water partition coefficient (Wildman–Crippen LogP) is 2.49. The maximum atomic E-state index is 4.71. The second-order valence-electron chi connectivity index (χ2n) is 2.69. The first kappa shape index (κ1) is 26.9. The highest BCUT2D eigenvalue weighted by Gasteiger charge is 1.84. The molecule has 108 valence electrons. The van der Waals surface area contributed by atoms with Crippen LogP contribution in [0.15, 0.2) is 13.2 Å². The van der Waals surface area contributed by atoms with Crippen LogP contribution in [-0.2, 0) is 0 Å². The Morgan fingerprint density at radius 3 is 0.889 bits per heavy atom. The van der Waals surface area contributed by atoms with Gasteiger partial charge in [0.05, 0.1) is 0 Å². The Balaban J connectivity index is -0.0000000777. The number of thiocarbonyl (C=S) groups is 3. The van der Waals surface area contributed by atoms with Gasteiger partial charge in [-0.3, -0.25) is 0 Å². The van der Waals surface area contributed by atoms with Gasteiger partial charge in [0.1, 0.15) is 13.0 Å². The molecule has 0 saturated carbocycles. The van der Waals surface area contributed by atoms with Crippen LogP contribution in [0.2, 0.25) is 0 Å². The summed E-state index contributed by atoms with van der Waals surface area (Å²) in [5, 5.41) is 0. The molecule has 0 aliphatic rings. The van der Waals surface area contributed by atoms with E-state index in [-0.39, 0.29) is 4.32 Å². The molecule has 0 heterocycles. The Bertz CT molecular complexity index is 220. The molecule has 0 spiro atoms. The van der Waals surface area contributed by atoms with Gasteiger partial charge in [0.25, 0.3) is 0 Å². The van der Waals surface area contributed by atoms with E-state index in [1.165, 1.54) is 0 Å². The fourth-order valence-electron chi connectivity index (χ4n) is 0. The molecule has 0 saturated heterocycles. The van der Waals surface area contributed by atoms with Crippen molar-refractivity contribution in [1.29, 1.82) is 0 Å². The van der Waals surface area contributed by atoms with Crippen molar-refractivity contribution in [2.45, 2.75) is 0 Å². The zero-order chi connectivity index (χ0) is 15.9. The number of thiol groups is 3. The van der Waals surface area contributed by atoms with E-state index >= 15 is 0 Å². The number of rotatable bonds is 0. The Kier molecular flexibility index (Phi) is 29.6. The minimum atomic E-state index is 0.194. The first-order chi connectivity index (χ1) is 8.02. The van der Waals surface area contributed by atoms with E-state index in [0.717, 1.165) is 0 Å². The minimum absolute atomic E-state index is 0.194. The van der Waals surface area contributed by atoms with Crippen molar-refractivity contribution >= 4 is 87.5 Å². The highest BCUT2D eigenvalue weighted by atomic mass is 32.1. The Labute approximate surface area is 143 Å². The van der Waals surface area contributed by atoms with Crippen LogP contribution in [0.3, 0.4) is 0 Å². The van der Waals surface area contributed by atoms with Gasteiger partial charge in [0, 0.05) is 28.2 Å². The van der Waals surface area contributed by atoms with E-state index in [1.807, 2.05) is 28.2 Å². The van der Waals surface area contributed by atoms with Gasteiger partial charge in [0.15, 0.2) is 0 Å². The minimum Gasteiger partial charge on any atom is -0.385 e. The van der Waals surface area contributed by atoms with E-state index < -0.39 is 0 Å². The molecule has 0 fully saturated rings. The van der Waals surface area contributed by atoms with Crippen LogP contribution in [0.1, 0.15) is 0 Å². The van der Waals surface area contributed by atoms with Crippen LogP contribution < -0.4 is 5.73 Å². The maximum absolute atomic E-state index is 4.71. The molecule has 2 N–H and O–H groups in total. The number of hydrogen-bond donors (Lipinski definition) is 4. The highest BCUT2D eigenvalue weighted by Crippen LogP contribution is 1.84. The second-order valence-corrected chi connectivity index (χ2v) is 6.14. The molecule has 18 heavy (non-hydrogen) atoms. The summed E-state index contributed by atoms with van der Waals surface area (Å²) in [6.45, 7) is 6.00. The van der Waals surface area contributed by atoms with Gasteiger partial charge >= 0.3 is 0 Å². The molecule has 9 heteroatoms. The summed E-state index contributed by atoms with van der Waals surface area (Å²) in [6, 6.07) is 0. The molecule has 0 rings (SSSR count). The third-order valence-corrected chi connectivity index (χ3v) is 2.30. The largest absolute Gasteiger partial charge is 0.385 e. The summed E-state index contributed by atoms with van der Waals surface area (Å²) in [5.74, 6) is 0. The summed E-state index contributed by atoms with van der Waals surface area (Å²) < 4.78 is 1.44. The third-order valence-electron chi connectivity index (χ3n) is 0.765. The van der Waals surface area contributed by atoms with E-state index in [0.29, 0.717) is 8.64 Å². The van der Waals surface area contributed by atoms with Crippen molar-refractivity contribution in [2.75, 3.05) is 28.2 Å². The summed E-state index contributed by atoms with van der Waals surface area (Å²) in [4.78, 5) is 3.52. The summed E-state index contributed by atoms with van der Waals surface area (Å²) >= 11 is 24.6. The average molecular weight is 364 g/mol. The Morgan fingerprint density at radius 2 is 0.889 bits per heavy atom. The SMILES string of the molecule is C=C.CN(C)C(=S)S.CN(C)C(=S)S.NC(=S)S. The first-order valence-corrected chi connectivity index (χ1v) is 6.87. The lowest BCUT2D eigenvalue weighted by Crippen LogP contribution is -2.12. The predicted molar refractivity (Wildman–Crippen MR) is 108 cm³/mol. The van der Waals surface area contributed by atoms with Gasteiger partial charge in [-0.25, -0.2) is 0 Å². The van der Waals surface area contributed by atoms with Gasteiger partial charge in [-0.1, -0.05) is 36.7 Å². The summed E-state index contributed by atoms with van der Waals surface area (Å²) in [6.07, 6.45) is 0. The van der Waals surface area contributed by atoms with Crippen LogP contribution in [0.5, 0.6) is 0 Å². The molecule has 0 bridgehead atoms. The molecular formula is C9H21N3S6. The van der Waals surface area contributed by atoms with E-state index in [2.05, 4.69) is 87.7 Å². The molecule has 0 aliphatic heterocycles. The van der Waals surface area contributed by atoms with Crippen LogP contribution in [-0.4, -0.2) is 51.0 Å². The molecule has 3 nitrogen and oxygen atoms in total. The lowest BCUT2D eigenvalue weighted by Gasteiger charge is -2.05. The molecule has 0 aromatic rings. The van der Waals surface area contributed by atoms with Crippen molar-refractivity contribution in [3.05, 3.63) is 13.2 Å². The molecule has 0 aliphatic carbocycles. The first-order valence-electron chi connectivity index (χ1n) is 4.31. The van der Waals surface area contributed by atoms with E-state index in [1.54, 1.807) is 9.80 Å². The lowest BCUT2D eigenvalue weighted by molar-refractivity contribution is 0.648. The van der Waals surface area contributed by atoms with Crippen LogP contribution in [0.4, 0.5) is 0 Å². The maximum Gasteiger partial charge on any atom is 0.132 e. The van der Waals surface area contributed by atoms with Gasteiger partial charge in [-0.05, 0) is 0 Å². The van der Waals surface area contributed by atoms with Crippen LogP contribution in [0, 0.1) is 0 Å². The molecule has 0 aromatic heterocycles. The molecule has 0 unspecified atom stereocenters. The third kappa shape index (κ3) is 55.0. The van der Waals surface area contributed by atoms with Crippen LogP contribution in [0.25, 0.3) is 0 Å². The van der Waals surface area contributed by atoms with Crippen molar-refractivity contribution < 1.29 is 0 Å². The monoisotopic (exact) mass is 363 g/mol. The summed E-state index contributed by atoms with van der Waals surface area (Å²) in [7, 11) is 7.43. The van der Waals surface area contributed by atoms with Crippen LogP contribution >= 0.6 is 74.5 Å². The van der Waals surface area contributed by atoms with Crippen molar-refractivity contribution in [1.82, 2.24) is 9.80 Å². The standard InChI is InChI=1S/2C3H7NS2.C2H4.CH3NS2/c2*1-4(2)3(5)6;1-2;2-1(3)4/h2*1-2H3,(H,5,6);1-2H2;(H3,2,3,4). The van der Waals surface area contributed by atoms with E-state index in [4.69, 9.17) is 5.73 Å². The van der Waals surface area contributed by atoms with E-state index in [9.17, 15) is 0 Å². The Hall–Kier alpha value is 0.460. The molecule has 0 radical (unpaired) electrons. The normalized spacial score (nSPS) is 6.83. The van der Waals surface area contributed by atoms with Gasteiger partial charge in [-0.15, -0.1) is 51.0 Å². The van der Waals surface area contributed by atoms with Crippen molar-refractivity contribution in [2.24, 2.45) is 5.73 Å². The number of nitrogens with zero attached hydrogens (tertiary/aromatic N) is 2. The van der Waals surface area contributed by atoms with Gasteiger partial charge in [-0.2, -0.15) is 0 Å². The van der Waals surface area contributed by atoms with Gasteiger partial charge < -0.3 is 15.5 Å². The van der Waals surface area contributed by atoms with Crippen molar-refractivity contribution in [3.63, 3.8) is 0 Å². The fraction of sp³-hybridized carbons (Fsp3) is 0.444. The smallest absolute Gasteiger partial charge is 0.132 e. The molecule has 0 amide bonds. The Morgan fingerprint density at radius 1 is 0.833 bits per heavy atom. The quantitative estimate of drug-likeness (QED) is 0.301. The second kappa shape index (κ2) is 19.8. The zero-order valence-corrected chi connectivity index (χ0v) is 16.1. The summed E-state index contributed by atoms with van der Waals surface area (Å²) in [5.41, 5.74) is 4.71. The molecule has 0 atom stereocenters. The number of nitrogens with two attached hydrogens (primary N) is 1. The number of hydrogen-bond acceptors (Lipinski definition) is 3. The molecule has 0 aromatic carbocycles. The fourth-order valence-corrected chi connectivity index (χ4v) is 0.